The Morgan fingerprint density at radius 3 is 3.30 bits per heavy atom. The van der Waals surface area contributed by atoms with E-state index in [1.165, 1.54) is 0 Å². The standard InChI is InChI=1S/C8H6O2/c9-7-1-2-8-6(5-7)3-4-10-8/h2-5H,1H2. The Kier molecular flexibility index (Phi) is 1.01. The molecule has 0 fully saturated rings. The van der Waals surface area contributed by atoms with E-state index in [-0.39, 0.29) is 5.78 Å². The molecule has 1 aromatic heterocycles. The number of hydrogen-bond acceptors (Lipinski definition) is 2. The summed E-state index contributed by atoms with van der Waals surface area (Å²) in [5.74, 6) is 0.147. The van der Waals surface area contributed by atoms with Crippen LogP contribution in [0.5, 0.6) is 0 Å². The zero-order valence-corrected chi connectivity index (χ0v) is 5.33. The van der Waals surface area contributed by atoms with Gasteiger partial charge in [0.2, 0.25) is 0 Å². The van der Waals surface area contributed by atoms with Gasteiger partial charge in [-0.15, -0.1) is 0 Å². The quantitative estimate of drug-likeness (QED) is 0.492. The minimum atomic E-state index is 0.147. The molecule has 0 radical (unpaired) electrons. The molecular weight excluding hydrogens is 128 g/mol. The van der Waals surface area contributed by atoms with E-state index >= 15 is 0 Å². The van der Waals surface area contributed by atoms with E-state index in [0.717, 1.165) is 10.6 Å². The normalized spacial score (nSPS) is 15.4. The zero-order valence-electron chi connectivity index (χ0n) is 5.33. The molecule has 0 unspecified atom stereocenters. The first-order chi connectivity index (χ1) is 4.86. The van der Waals surface area contributed by atoms with Crippen LogP contribution in [-0.2, 0) is 4.79 Å². The highest BCUT2D eigenvalue weighted by molar-refractivity contribution is 6.08. The summed E-state index contributed by atoms with van der Waals surface area (Å²) in [6.07, 6.45) is 5.48. The van der Waals surface area contributed by atoms with Crippen molar-refractivity contribution in [3.8, 4) is 0 Å². The predicted octanol–water partition coefficient (Wildman–Crippen LogP) is -0.187. The van der Waals surface area contributed by atoms with Crippen LogP contribution in [0, 0.1) is 0 Å². The third-order valence-electron chi connectivity index (χ3n) is 1.53. The van der Waals surface area contributed by atoms with Gasteiger partial charge in [-0.3, -0.25) is 4.79 Å². The number of Topliss-reactive ketones (excluding diaryl/α,β-unsaturated/α-hetero) is 1. The second kappa shape index (κ2) is 1.84. The summed E-state index contributed by atoms with van der Waals surface area (Å²) in [4.78, 5) is 10.8. The Bertz CT molecular complexity index is 370. The van der Waals surface area contributed by atoms with Crippen LogP contribution < -0.4 is 10.6 Å². The summed E-state index contributed by atoms with van der Waals surface area (Å²) >= 11 is 0. The average molecular weight is 134 g/mol. The van der Waals surface area contributed by atoms with Crippen LogP contribution in [0.4, 0.5) is 0 Å². The van der Waals surface area contributed by atoms with E-state index in [0.29, 0.717) is 6.42 Å². The van der Waals surface area contributed by atoms with Gasteiger partial charge in [0.15, 0.2) is 5.78 Å². The van der Waals surface area contributed by atoms with Gasteiger partial charge in [0.05, 0.1) is 6.26 Å². The maximum absolute atomic E-state index is 10.8. The molecule has 0 bridgehead atoms. The second-order valence-electron chi connectivity index (χ2n) is 2.26. The molecule has 1 aliphatic rings. The molecule has 2 nitrogen and oxygen atoms in total. The van der Waals surface area contributed by atoms with Crippen LogP contribution in [0.1, 0.15) is 6.42 Å². The van der Waals surface area contributed by atoms with Crippen molar-refractivity contribution in [1.82, 2.24) is 0 Å². The molecule has 1 aliphatic carbocycles. The topological polar surface area (TPSA) is 30.2 Å². The van der Waals surface area contributed by atoms with E-state index in [1.807, 2.05) is 0 Å². The van der Waals surface area contributed by atoms with Gasteiger partial charge in [-0.25, -0.2) is 0 Å². The van der Waals surface area contributed by atoms with Gasteiger partial charge < -0.3 is 4.42 Å². The summed E-state index contributed by atoms with van der Waals surface area (Å²) < 4.78 is 5.07. The van der Waals surface area contributed by atoms with Crippen molar-refractivity contribution in [1.29, 1.82) is 0 Å². The van der Waals surface area contributed by atoms with E-state index in [2.05, 4.69) is 0 Å². The maximum atomic E-state index is 10.8. The van der Waals surface area contributed by atoms with E-state index in [1.54, 1.807) is 24.5 Å². The number of ketones is 1. The minimum Gasteiger partial charge on any atom is -0.465 e. The van der Waals surface area contributed by atoms with Gasteiger partial charge in [-0.1, -0.05) is 0 Å². The molecule has 0 aromatic carbocycles. The summed E-state index contributed by atoms with van der Waals surface area (Å²) in [6, 6.07) is 1.79. The predicted molar refractivity (Wildman–Crippen MR) is 36.5 cm³/mol. The molecule has 0 saturated carbocycles. The lowest BCUT2D eigenvalue weighted by atomic mass is 10.1. The highest BCUT2D eigenvalue weighted by atomic mass is 16.3. The van der Waals surface area contributed by atoms with Gasteiger partial charge in [0, 0.05) is 11.6 Å². The highest BCUT2D eigenvalue weighted by Crippen LogP contribution is 1.89. The molecule has 0 spiro atoms. The van der Waals surface area contributed by atoms with Crippen molar-refractivity contribution in [2.45, 2.75) is 6.42 Å². The first kappa shape index (κ1) is 5.47. The third kappa shape index (κ3) is 0.692. The Hall–Kier alpha value is -1.31. The Labute approximate surface area is 57.5 Å². The zero-order chi connectivity index (χ0) is 6.97. The molecular formula is C8H6O2. The fourth-order valence-electron chi connectivity index (χ4n) is 1.04. The molecule has 0 saturated heterocycles. The molecule has 1 heterocycles. The molecule has 2 heteroatoms. The van der Waals surface area contributed by atoms with Crippen LogP contribution in [0.25, 0.3) is 12.2 Å². The number of fused-ring (bicyclic) bond motifs is 1. The van der Waals surface area contributed by atoms with Crippen LogP contribution in [0.15, 0.2) is 16.7 Å². The van der Waals surface area contributed by atoms with Gasteiger partial charge in [-0.05, 0) is 18.2 Å². The lowest BCUT2D eigenvalue weighted by Gasteiger charge is -1.90. The molecule has 0 aliphatic heterocycles. The second-order valence-corrected chi connectivity index (χ2v) is 2.26. The molecule has 50 valence electrons. The lowest BCUT2D eigenvalue weighted by Crippen LogP contribution is -2.24. The van der Waals surface area contributed by atoms with Gasteiger partial charge in [0.25, 0.3) is 0 Å². The number of carbonyl (C=O) groups is 1. The molecule has 1 aromatic rings. The van der Waals surface area contributed by atoms with E-state index < -0.39 is 0 Å². The van der Waals surface area contributed by atoms with Crippen molar-refractivity contribution < 1.29 is 9.21 Å². The maximum Gasteiger partial charge on any atom is 0.160 e. The van der Waals surface area contributed by atoms with Crippen molar-refractivity contribution in [3.63, 3.8) is 0 Å². The van der Waals surface area contributed by atoms with Crippen LogP contribution in [0.2, 0.25) is 0 Å². The van der Waals surface area contributed by atoms with E-state index in [9.17, 15) is 4.79 Å². The number of carbonyl (C=O) groups excluding carboxylic acids is 1. The number of hydrogen-bond donors (Lipinski definition) is 0. The van der Waals surface area contributed by atoms with Gasteiger partial charge >= 0.3 is 0 Å². The van der Waals surface area contributed by atoms with Crippen molar-refractivity contribution in [3.05, 3.63) is 23.0 Å². The largest absolute Gasteiger partial charge is 0.465 e. The summed E-state index contributed by atoms with van der Waals surface area (Å²) in [6.45, 7) is 0. The minimum absolute atomic E-state index is 0.147. The van der Waals surface area contributed by atoms with Crippen molar-refractivity contribution in [2.24, 2.45) is 0 Å². The average Bonchev–Trinajstić information content (AvgIpc) is 2.33. The summed E-state index contributed by atoms with van der Waals surface area (Å²) in [5, 5.41) is 0.899. The fourth-order valence-corrected chi connectivity index (χ4v) is 1.04. The number of rotatable bonds is 0. The van der Waals surface area contributed by atoms with Crippen LogP contribution >= 0.6 is 0 Å². The first-order valence-electron chi connectivity index (χ1n) is 3.14. The van der Waals surface area contributed by atoms with E-state index in [4.69, 9.17) is 4.42 Å². The Morgan fingerprint density at radius 1 is 1.50 bits per heavy atom. The fraction of sp³-hybridized carbons (Fsp3) is 0.125. The smallest absolute Gasteiger partial charge is 0.160 e. The third-order valence-corrected chi connectivity index (χ3v) is 1.53. The van der Waals surface area contributed by atoms with Crippen LogP contribution in [0.3, 0.4) is 0 Å². The SMILES string of the molecule is O=C1C=c2ccoc2=CC1. The molecule has 2 rings (SSSR count). The molecule has 0 atom stereocenters. The summed E-state index contributed by atoms with van der Waals surface area (Å²) in [5.41, 5.74) is 0.819. The Balaban J connectivity index is 2.85. The van der Waals surface area contributed by atoms with Gasteiger partial charge in [0.1, 0.15) is 5.42 Å². The Morgan fingerprint density at radius 2 is 2.40 bits per heavy atom. The monoisotopic (exact) mass is 134 g/mol. The van der Waals surface area contributed by atoms with Crippen molar-refractivity contribution in [2.75, 3.05) is 0 Å². The summed E-state index contributed by atoms with van der Waals surface area (Å²) in [7, 11) is 0. The molecule has 0 N–H and O–H groups in total. The van der Waals surface area contributed by atoms with Crippen molar-refractivity contribution >= 4 is 17.9 Å². The lowest BCUT2D eigenvalue weighted by molar-refractivity contribution is -0.112. The molecule has 10 heavy (non-hydrogen) atoms. The van der Waals surface area contributed by atoms with Crippen LogP contribution in [-0.4, -0.2) is 5.78 Å². The number of furan rings is 1. The van der Waals surface area contributed by atoms with Gasteiger partial charge in [-0.2, -0.15) is 0 Å². The first-order valence-corrected chi connectivity index (χ1v) is 3.14. The molecule has 0 amide bonds. The highest BCUT2D eigenvalue weighted by Gasteiger charge is 2.01.